The molecule has 102 valence electrons. The van der Waals surface area contributed by atoms with E-state index >= 15 is 0 Å². The van der Waals surface area contributed by atoms with E-state index in [0.29, 0.717) is 23.9 Å². The first-order chi connectivity index (χ1) is 9.20. The molecule has 0 radical (unpaired) electrons. The topological polar surface area (TPSA) is 17.8 Å². The van der Waals surface area contributed by atoms with Crippen molar-refractivity contribution >= 4 is 46.0 Å². The van der Waals surface area contributed by atoms with Crippen LogP contribution in [0.3, 0.4) is 0 Å². The zero-order chi connectivity index (χ0) is 13.4. The third-order valence-corrected chi connectivity index (χ3v) is 5.02. The van der Waals surface area contributed by atoms with E-state index in [-0.39, 0.29) is 5.02 Å². The Bertz CT molecular complexity index is 608. The summed E-state index contributed by atoms with van der Waals surface area (Å²) in [6.07, 6.45) is 1.80. The zero-order valence-corrected chi connectivity index (χ0v) is 12.5. The molecule has 1 aromatic carbocycles. The highest BCUT2D eigenvalue weighted by molar-refractivity contribution is 7.99. The molecule has 1 unspecified atom stereocenters. The molecule has 3 rings (SSSR count). The molecular formula is C13H13Cl2FN2S. The van der Waals surface area contributed by atoms with Crippen molar-refractivity contribution in [3.05, 3.63) is 28.8 Å². The lowest BCUT2D eigenvalue weighted by molar-refractivity contribution is 0.552. The van der Waals surface area contributed by atoms with Crippen LogP contribution in [0.25, 0.3) is 11.0 Å². The van der Waals surface area contributed by atoms with Gasteiger partial charge in [-0.2, -0.15) is 11.8 Å². The van der Waals surface area contributed by atoms with Crippen LogP contribution in [0.1, 0.15) is 18.3 Å². The Kier molecular flexibility index (Phi) is 3.92. The molecule has 2 heterocycles. The maximum Gasteiger partial charge on any atom is 0.144 e. The number of benzene rings is 1. The summed E-state index contributed by atoms with van der Waals surface area (Å²) in [4.78, 5) is 4.52. The van der Waals surface area contributed by atoms with Crippen LogP contribution in [0.2, 0.25) is 5.02 Å². The van der Waals surface area contributed by atoms with Crippen LogP contribution < -0.4 is 0 Å². The standard InChI is InChI=1S/C13H13Cl2FN2S/c14-3-1-13-17-11-6-10(16)9(15)5-12(11)18(13)8-2-4-19-7-8/h5-6,8H,1-4,7H2. The van der Waals surface area contributed by atoms with E-state index < -0.39 is 5.82 Å². The number of aryl methyl sites for hydroxylation is 1. The lowest BCUT2D eigenvalue weighted by Crippen LogP contribution is -2.12. The normalized spacial score (nSPS) is 19.4. The smallest absolute Gasteiger partial charge is 0.144 e. The molecule has 1 aliphatic rings. The highest BCUT2D eigenvalue weighted by Crippen LogP contribution is 2.34. The lowest BCUT2D eigenvalue weighted by Gasteiger charge is -2.15. The van der Waals surface area contributed by atoms with Crippen LogP contribution in [-0.2, 0) is 6.42 Å². The summed E-state index contributed by atoms with van der Waals surface area (Å²) in [7, 11) is 0. The minimum atomic E-state index is -0.419. The van der Waals surface area contributed by atoms with E-state index in [0.717, 1.165) is 29.3 Å². The van der Waals surface area contributed by atoms with Gasteiger partial charge in [0.2, 0.25) is 0 Å². The van der Waals surface area contributed by atoms with Gasteiger partial charge in [0.25, 0.3) is 0 Å². The monoisotopic (exact) mass is 318 g/mol. The van der Waals surface area contributed by atoms with Gasteiger partial charge in [0.05, 0.1) is 16.1 Å². The van der Waals surface area contributed by atoms with E-state index in [1.165, 1.54) is 6.07 Å². The van der Waals surface area contributed by atoms with Crippen molar-refractivity contribution in [2.75, 3.05) is 17.4 Å². The SMILES string of the molecule is Fc1cc2nc(CCCl)n(C3CCSC3)c2cc1Cl. The Morgan fingerprint density at radius 3 is 3.00 bits per heavy atom. The molecular weight excluding hydrogens is 306 g/mol. The van der Waals surface area contributed by atoms with Crippen molar-refractivity contribution in [2.24, 2.45) is 0 Å². The molecule has 1 saturated heterocycles. The number of rotatable bonds is 3. The lowest BCUT2D eigenvalue weighted by atomic mass is 10.2. The van der Waals surface area contributed by atoms with Crippen molar-refractivity contribution < 1.29 is 4.39 Å². The highest BCUT2D eigenvalue weighted by atomic mass is 35.5. The van der Waals surface area contributed by atoms with E-state index in [9.17, 15) is 4.39 Å². The first-order valence-corrected chi connectivity index (χ1v) is 8.27. The molecule has 0 amide bonds. The number of halogens is 3. The maximum absolute atomic E-state index is 13.5. The van der Waals surface area contributed by atoms with E-state index in [4.69, 9.17) is 23.2 Å². The van der Waals surface area contributed by atoms with Gasteiger partial charge < -0.3 is 4.57 Å². The molecule has 1 aromatic heterocycles. The Hall–Kier alpha value is -0.450. The Morgan fingerprint density at radius 1 is 1.47 bits per heavy atom. The van der Waals surface area contributed by atoms with Gasteiger partial charge in [-0.25, -0.2) is 9.37 Å². The molecule has 1 aliphatic heterocycles. The van der Waals surface area contributed by atoms with Crippen molar-refractivity contribution in [2.45, 2.75) is 18.9 Å². The van der Waals surface area contributed by atoms with Gasteiger partial charge in [-0.15, -0.1) is 11.6 Å². The van der Waals surface area contributed by atoms with Crippen LogP contribution >= 0.6 is 35.0 Å². The number of aromatic nitrogens is 2. The Morgan fingerprint density at radius 2 is 2.32 bits per heavy atom. The first-order valence-electron chi connectivity index (χ1n) is 6.20. The van der Waals surface area contributed by atoms with Crippen LogP contribution in [0.5, 0.6) is 0 Å². The van der Waals surface area contributed by atoms with Gasteiger partial charge >= 0.3 is 0 Å². The van der Waals surface area contributed by atoms with Crippen LogP contribution in [0.4, 0.5) is 4.39 Å². The maximum atomic E-state index is 13.5. The summed E-state index contributed by atoms with van der Waals surface area (Å²) in [6.45, 7) is 0. The second-order valence-corrected chi connectivity index (χ2v) is 6.54. The van der Waals surface area contributed by atoms with E-state index in [1.54, 1.807) is 6.07 Å². The minimum absolute atomic E-state index is 0.150. The average Bonchev–Trinajstić information content (AvgIpc) is 2.98. The first kappa shape index (κ1) is 13.5. The third kappa shape index (κ3) is 2.46. The van der Waals surface area contributed by atoms with Gasteiger partial charge in [-0.3, -0.25) is 0 Å². The summed E-state index contributed by atoms with van der Waals surface area (Å²) in [5, 5.41) is 0.150. The molecule has 2 nitrogen and oxygen atoms in total. The molecule has 2 aromatic rings. The van der Waals surface area contributed by atoms with Crippen molar-refractivity contribution in [3.63, 3.8) is 0 Å². The number of alkyl halides is 1. The number of imidazole rings is 1. The van der Waals surface area contributed by atoms with Crippen LogP contribution in [0, 0.1) is 5.82 Å². The quantitative estimate of drug-likeness (QED) is 0.786. The van der Waals surface area contributed by atoms with Gasteiger partial charge in [0.1, 0.15) is 11.6 Å². The second kappa shape index (κ2) is 5.51. The highest BCUT2D eigenvalue weighted by Gasteiger charge is 2.23. The van der Waals surface area contributed by atoms with E-state index in [2.05, 4.69) is 9.55 Å². The van der Waals surface area contributed by atoms with Gasteiger partial charge in [-0.05, 0) is 18.2 Å². The predicted molar refractivity (Wildman–Crippen MR) is 80.1 cm³/mol. The van der Waals surface area contributed by atoms with Gasteiger partial charge in [0.15, 0.2) is 0 Å². The van der Waals surface area contributed by atoms with Crippen molar-refractivity contribution in [1.82, 2.24) is 9.55 Å². The molecule has 6 heteroatoms. The van der Waals surface area contributed by atoms with Gasteiger partial charge in [0, 0.05) is 30.2 Å². The summed E-state index contributed by atoms with van der Waals surface area (Å²) in [6, 6.07) is 3.50. The van der Waals surface area contributed by atoms with Crippen molar-refractivity contribution in [1.29, 1.82) is 0 Å². The van der Waals surface area contributed by atoms with Crippen LogP contribution in [0.15, 0.2) is 12.1 Å². The number of fused-ring (bicyclic) bond motifs is 1. The molecule has 0 aliphatic carbocycles. The molecule has 19 heavy (non-hydrogen) atoms. The molecule has 1 atom stereocenters. The van der Waals surface area contributed by atoms with Crippen molar-refractivity contribution in [3.8, 4) is 0 Å². The van der Waals surface area contributed by atoms with Gasteiger partial charge in [-0.1, -0.05) is 11.6 Å². The fraction of sp³-hybridized carbons (Fsp3) is 0.462. The van der Waals surface area contributed by atoms with Crippen LogP contribution in [-0.4, -0.2) is 26.9 Å². The average molecular weight is 319 g/mol. The third-order valence-electron chi connectivity index (χ3n) is 3.39. The Labute approximate surface area is 125 Å². The largest absolute Gasteiger partial charge is 0.324 e. The number of hydrogen-bond acceptors (Lipinski definition) is 2. The number of thioether (sulfide) groups is 1. The predicted octanol–water partition coefficient (Wildman–Crippen LogP) is 4.29. The second-order valence-electron chi connectivity index (χ2n) is 4.61. The number of hydrogen-bond donors (Lipinski definition) is 0. The van der Waals surface area contributed by atoms with E-state index in [1.807, 2.05) is 11.8 Å². The molecule has 0 N–H and O–H groups in total. The summed E-state index contributed by atoms with van der Waals surface area (Å²) >= 11 is 13.7. The Balaban J connectivity index is 2.19. The summed E-state index contributed by atoms with van der Waals surface area (Å²) in [5.41, 5.74) is 1.58. The fourth-order valence-electron chi connectivity index (χ4n) is 2.53. The minimum Gasteiger partial charge on any atom is -0.324 e. The summed E-state index contributed by atoms with van der Waals surface area (Å²) in [5.74, 6) is 3.24. The fourth-order valence-corrected chi connectivity index (χ4v) is 4.05. The molecule has 0 bridgehead atoms. The number of nitrogens with zero attached hydrogens (tertiary/aromatic N) is 2. The molecule has 1 fully saturated rings. The summed E-state index contributed by atoms with van der Waals surface area (Å²) < 4.78 is 15.7. The molecule has 0 saturated carbocycles. The zero-order valence-electron chi connectivity index (χ0n) is 10.2. The molecule has 0 spiro atoms.